The molecule has 0 radical (unpaired) electrons. The van der Waals surface area contributed by atoms with E-state index in [2.05, 4.69) is 52.1 Å². The molecule has 0 aliphatic carbocycles. The van der Waals surface area contributed by atoms with Crippen LogP contribution in [0.5, 0.6) is 0 Å². The predicted octanol–water partition coefficient (Wildman–Crippen LogP) is 3.61. The molecule has 1 nitrogen and oxygen atoms in total. The fourth-order valence-corrected chi connectivity index (χ4v) is 1.52. The van der Waals surface area contributed by atoms with Gasteiger partial charge in [0, 0.05) is 6.04 Å². The van der Waals surface area contributed by atoms with Crippen LogP contribution in [0.25, 0.3) is 0 Å². The summed E-state index contributed by atoms with van der Waals surface area (Å²) in [5.74, 6) is 1.65. The monoisotopic (exact) mass is 197 g/mol. The van der Waals surface area contributed by atoms with Crippen molar-refractivity contribution in [3.05, 3.63) is 12.2 Å². The first-order valence-electron chi connectivity index (χ1n) is 6.01. The van der Waals surface area contributed by atoms with Gasteiger partial charge in [-0.1, -0.05) is 46.3 Å². The van der Waals surface area contributed by atoms with Crippen molar-refractivity contribution < 1.29 is 0 Å². The molecular formula is C13H27N. The number of nitrogens with one attached hydrogen (secondary N) is 1. The number of rotatable bonds is 7. The highest BCUT2D eigenvalue weighted by Crippen LogP contribution is 2.18. The van der Waals surface area contributed by atoms with Crippen LogP contribution in [-0.2, 0) is 0 Å². The van der Waals surface area contributed by atoms with Crippen LogP contribution in [0, 0.1) is 11.8 Å². The van der Waals surface area contributed by atoms with Crippen LogP contribution in [0.3, 0.4) is 0 Å². The Hall–Kier alpha value is -0.300. The van der Waals surface area contributed by atoms with Gasteiger partial charge in [0.15, 0.2) is 0 Å². The Morgan fingerprint density at radius 1 is 1.07 bits per heavy atom. The second-order valence-electron chi connectivity index (χ2n) is 4.37. The lowest BCUT2D eigenvalue weighted by atomic mass is 9.90. The molecule has 0 saturated heterocycles. The smallest absolute Gasteiger partial charge is 0.0221 e. The quantitative estimate of drug-likeness (QED) is 0.615. The van der Waals surface area contributed by atoms with Gasteiger partial charge in [-0.3, -0.25) is 0 Å². The zero-order chi connectivity index (χ0) is 11.0. The average Bonchev–Trinajstić information content (AvgIpc) is 2.16. The lowest BCUT2D eigenvalue weighted by molar-refractivity contribution is 0.380. The van der Waals surface area contributed by atoms with E-state index in [4.69, 9.17) is 0 Å². The van der Waals surface area contributed by atoms with Crippen LogP contribution in [0.4, 0.5) is 0 Å². The molecule has 0 heterocycles. The second-order valence-corrected chi connectivity index (χ2v) is 4.37. The van der Waals surface area contributed by atoms with E-state index >= 15 is 0 Å². The molecule has 1 N–H and O–H groups in total. The first-order valence-corrected chi connectivity index (χ1v) is 6.01. The van der Waals surface area contributed by atoms with Crippen LogP contribution in [0.1, 0.15) is 47.5 Å². The Kier molecular flexibility index (Phi) is 7.87. The summed E-state index contributed by atoms with van der Waals surface area (Å²) in [4.78, 5) is 0. The molecule has 84 valence electrons. The summed E-state index contributed by atoms with van der Waals surface area (Å²) in [6, 6.07) is 0.518. The van der Waals surface area contributed by atoms with Gasteiger partial charge in [0.25, 0.3) is 0 Å². The summed E-state index contributed by atoms with van der Waals surface area (Å²) in [6.07, 6.45) is 7.11. The van der Waals surface area contributed by atoms with Gasteiger partial charge in [0.1, 0.15) is 0 Å². The number of allylic oxidation sites excluding steroid dienone is 1. The molecule has 0 aromatic carbocycles. The molecule has 0 amide bonds. The lowest BCUT2D eigenvalue weighted by Crippen LogP contribution is -2.23. The first kappa shape index (κ1) is 13.7. The van der Waals surface area contributed by atoms with E-state index in [9.17, 15) is 0 Å². The zero-order valence-corrected chi connectivity index (χ0v) is 10.5. The number of likely N-dealkylation sites (N-methyl/N-ethyl adjacent to an activating group) is 1. The third-order valence-electron chi connectivity index (χ3n) is 3.07. The third kappa shape index (κ3) is 6.20. The minimum atomic E-state index is 0.518. The van der Waals surface area contributed by atoms with Crippen molar-refractivity contribution in [2.45, 2.75) is 53.5 Å². The normalized spacial score (nSPS) is 18.4. The molecule has 0 aromatic rings. The van der Waals surface area contributed by atoms with Gasteiger partial charge in [-0.25, -0.2) is 0 Å². The van der Waals surface area contributed by atoms with Crippen molar-refractivity contribution in [2.24, 2.45) is 11.8 Å². The Labute approximate surface area is 90.0 Å². The molecule has 0 aliphatic heterocycles. The molecule has 3 atom stereocenters. The maximum Gasteiger partial charge on any atom is 0.0221 e. The Bertz CT molecular complexity index is 151. The highest BCUT2D eigenvalue weighted by Gasteiger charge is 2.07. The van der Waals surface area contributed by atoms with E-state index in [0.717, 1.165) is 18.4 Å². The molecule has 0 saturated carbocycles. The van der Waals surface area contributed by atoms with E-state index in [1.165, 1.54) is 12.8 Å². The molecular weight excluding hydrogens is 170 g/mol. The molecule has 0 rings (SSSR count). The standard InChI is InChI=1S/C13H27N/c1-6-11(3)12(4)9-8-10-13(5)14-7-2/h8,10-14H,6-7,9H2,1-5H3/b10-8-/t11?,12-,13?/m1/s1. The first-order chi connectivity index (χ1) is 6.61. The van der Waals surface area contributed by atoms with Crippen LogP contribution in [0.2, 0.25) is 0 Å². The fourth-order valence-electron chi connectivity index (χ4n) is 1.52. The van der Waals surface area contributed by atoms with Gasteiger partial charge in [0.2, 0.25) is 0 Å². The van der Waals surface area contributed by atoms with Gasteiger partial charge < -0.3 is 5.32 Å². The van der Waals surface area contributed by atoms with Gasteiger partial charge in [-0.2, -0.15) is 0 Å². The molecule has 0 spiro atoms. The van der Waals surface area contributed by atoms with Gasteiger partial charge in [0.05, 0.1) is 0 Å². The molecule has 14 heavy (non-hydrogen) atoms. The minimum absolute atomic E-state index is 0.518. The highest BCUT2D eigenvalue weighted by atomic mass is 14.9. The summed E-state index contributed by atoms with van der Waals surface area (Å²) in [5.41, 5.74) is 0. The van der Waals surface area contributed by atoms with E-state index in [-0.39, 0.29) is 0 Å². The van der Waals surface area contributed by atoms with Crippen molar-refractivity contribution in [3.8, 4) is 0 Å². The largest absolute Gasteiger partial charge is 0.311 e. The predicted molar refractivity (Wildman–Crippen MR) is 65.5 cm³/mol. The van der Waals surface area contributed by atoms with Gasteiger partial charge in [-0.05, 0) is 31.7 Å². The molecule has 0 aliphatic rings. The van der Waals surface area contributed by atoms with Crippen molar-refractivity contribution in [3.63, 3.8) is 0 Å². The van der Waals surface area contributed by atoms with Crippen molar-refractivity contribution >= 4 is 0 Å². The summed E-state index contributed by atoms with van der Waals surface area (Å²) < 4.78 is 0. The minimum Gasteiger partial charge on any atom is -0.311 e. The zero-order valence-electron chi connectivity index (χ0n) is 10.5. The molecule has 0 bridgehead atoms. The molecule has 1 heteroatoms. The van der Waals surface area contributed by atoms with E-state index in [1.54, 1.807) is 0 Å². The van der Waals surface area contributed by atoms with Gasteiger partial charge in [-0.15, -0.1) is 0 Å². The van der Waals surface area contributed by atoms with E-state index < -0.39 is 0 Å². The van der Waals surface area contributed by atoms with Crippen molar-refractivity contribution in [1.82, 2.24) is 5.32 Å². The molecule has 0 fully saturated rings. The fraction of sp³-hybridized carbons (Fsp3) is 0.846. The summed E-state index contributed by atoms with van der Waals surface area (Å²) in [7, 11) is 0. The van der Waals surface area contributed by atoms with Crippen LogP contribution < -0.4 is 5.32 Å². The van der Waals surface area contributed by atoms with E-state index in [0.29, 0.717) is 6.04 Å². The number of hydrogen-bond donors (Lipinski definition) is 1. The topological polar surface area (TPSA) is 12.0 Å². The van der Waals surface area contributed by atoms with Gasteiger partial charge >= 0.3 is 0 Å². The van der Waals surface area contributed by atoms with Crippen LogP contribution in [-0.4, -0.2) is 12.6 Å². The maximum atomic E-state index is 3.38. The Balaban J connectivity index is 3.69. The van der Waals surface area contributed by atoms with Crippen LogP contribution in [0.15, 0.2) is 12.2 Å². The van der Waals surface area contributed by atoms with Crippen molar-refractivity contribution in [1.29, 1.82) is 0 Å². The Morgan fingerprint density at radius 3 is 2.21 bits per heavy atom. The molecule has 0 aromatic heterocycles. The Morgan fingerprint density at radius 2 is 1.71 bits per heavy atom. The van der Waals surface area contributed by atoms with Crippen molar-refractivity contribution in [2.75, 3.05) is 6.54 Å². The highest BCUT2D eigenvalue weighted by molar-refractivity contribution is 4.91. The third-order valence-corrected chi connectivity index (χ3v) is 3.07. The summed E-state index contributed by atoms with van der Waals surface area (Å²) in [5, 5.41) is 3.38. The van der Waals surface area contributed by atoms with Crippen LogP contribution >= 0.6 is 0 Å². The number of hydrogen-bond acceptors (Lipinski definition) is 1. The molecule has 2 unspecified atom stereocenters. The maximum absolute atomic E-state index is 3.38. The lowest BCUT2D eigenvalue weighted by Gasteiger charge is -2.16. The summed E-state index contributed by atoms with van der Waals surface area (Å²) in [6.45, 7) is 12.3. The van der Waals surface area contributed by atoms with E-state index in [1.807, 2.05) is 0 Å². The average molecular weight is 197 g/mol. The second kappa shape index (κ2) is 8.05. The SMILES string of the molecule is CCNC(C)/C=C\C[C@@H](C)C(C)CC. The summed E-state index contributed by atoms with van der Waals surface area (Å²) >= 11 is 0.